The number of fused-ring (bicyclic) bond motifs is 1. The van der Waals surface area contributed by atoms with E-state index in [2.05, 4.69) is 15.9 Å². The van der Waals surface area contributed by atoms with Crippen LogP contribution in [0.2, 0.25) is 5.02 Å². The van der Waals surface area contributed by atoms with Crippen LogP contribution >= 0.6 is 27.5 Å². The molecule has 3 rings (SSSR count). The highest BCUT2D eigenvalue weighted by atomic mass is 79.9. The fourth-order valence-electron chi connectivity index (χ4n) is 2.21. The van der Waals surface area contributed by atoms with E-state index in [-0.39, 0.29) is 5.78 Å². The average molecular weight is 368 g/mol. The Morgan fingerprint density at radius 1 is 1.14 bits per heavy atom. The van der Waals surface area contributed by atoms with Crippen molar-refractivity contribution in [2.24, 2.45) is 0 Å². The zero-order valence-electron chi connectivity index (χ0n) is 11.3. The quantitative estimate of drug-likeness (QED) is 0.737. The van der Waals surface area contributed by atoms with Crippen LogP contribution in [0.5, 0.6) is 11.5 Å². The molecular formula is C16H12BrClO3. The van der Waals surface area contributed by atoms with Gasteiger partial charge < -0.3 is 9.47 Å². The van der Waals surface area contributed by atoms with Crippen molar-refractivity contribution in [1.82, 2.24) is 0 Å². The number of aryl methyl sites for hydroxylation is 1. The molecule has 0 spiro atoms. The van der Waals surface area contributed by atoms with E-state index >= 15 is 0 Å². The molecule has 1 aliphatic heterocycles. The van der Waals surface area contributed by atoms with Crippen LogP contribution in [0.1, 0.15) is 21.5 Å². The van der Waals surface area contributed by atoms with Crippen molar-refractivity contribution in [2.45, 2.75) is 6.92 Å². The highest BCUT2D eigenvalue weighted by molar-refractivity contribution is 9.10. The Labute approximate surface area is 136 Å². The van der Waals surface area contributed by atoms with E-state index in [0.29, 0.717) is 40.9 Å². The molecule has 21 heavy (non-hydrogen) atoms. The van der Waals surface area contributed by atoms with Crippen LogP contribution in [0, 0.1) is 6.92 Å². The number of ether oxygens (including phenoxy) is 2. The van der Waals surface area contributed by atoms with Crippen molar-refractivity contribution >= 4 is 33.3 Å². The predicted octanol–water partition coefficient (Wildman–Crippen LogP) is 4.41. The molecule has 108 valence electrons. The normalized spacial score (nSPS) is 13.1. The zero-order chi connectivity index (χ0) is 15.0. The third-order valence-electron chi connectivity index (χ3n) is 3.31. The molecule has 3 nitrogen and oxygen atoms in total. The lowest BCUT2D eigenvalue weighted by molar-refractivity contribution is 0.103. The fraction of sp³-hybridized carbons (Fsp3) is 0.188. The van der Waals surface area contributed by atoms with Gasteiger partial charge in [-0.2, -0.15) is 0 Å². The van der Waals surface area contributed by atoms with Gasteiger partial charge in [0, 0.05) is 21.7 Å². The summed E-state index contributed by atoms with van der Waals surface area (Å²) < 4.78 is 11.7. The molecule has 0 saturated heterocycles. The summed E-state index contributed by atoms with van der Waals surface area (Å²) in [5, 5.41) is 0.359. The first-order valence-corrected chi connectivity index (χ1v) is 7.64. The second kappa shape index (κ2) is 5.70. The smallest absolute Gasteiger partial charge is 0.195 e. The molecule has 0 aromatic heterocycles. The number of halogens is 2. The number of ketones is 1. The average Bonchev–Trinajstić information content (AvgIpc) is 2.48. The van der Waals surface area contributed by atoms with E-state index in [9.17, 15) is 4.79 Å². The molecule has 1 aliphatic rings. The van der Waals surface area contributed by atoms with Crippen molar-refractivity contribution in [3.05, 3.63) is 56.5 Å². The van der Waals surface area contributed by atoms with Gasteiger partial charge in [0.1, 0.15) is 13.2 Å². The standard InChI is InChI=1S/C16H12BrClO3/c1-9-3-2-4-10(15(9)17)16(19)11-7-13-14(8-12(11)18)21-6-5-20-13/h2-4,7-8H,5-6H2,1H3. The highest BCUT2D eigenvalue weighted by Crippen LogP contribution is 2.37. The summed E-state index contributed by atoms with van der Waals surface area (Å²) >= 11 is 9.68. The van der Waals surface area contributed by atoms with Crippen LogP contribution in [0.15, 0.2) is 34.8 Å². The Balaban J connectivity index is 2.07. The van der Waals surface area contributed by atoms with E-state index in [4.69, 9.17) is 21.1 Å². The van der Waals surface area contributed by atoms with Crippen molar-refractivity contribution < 1.29 is 14.3 Å². The molecule has 0 amide bonds. The van der Waals surface area contributed by atoms with Crippen molar-refractivity contribution in [3.8, 4) is 11.5 Å². The van der Waals surface area contributed by atoms with Crippen LogP contribution in [-0.2, 0) is 0 Å². The molecule has 5 heteroatoms. The fourth-order valence-corrected chi connectivity index (χ4v) is 2.89. The minimum atomic E-state index is -0.146. The van der Waals surface area contributed by atoms with Crippen molar-refractivity contribution in [2.75, 3.05) is 13.2 Å². The SMILES string of the molecule is Cc1cccc(C(=O)c2cc3c(cc2Cl)OCCO3)c1Br. The largest absolute Gasteiger partial charge is 0.486 e. The van der Waals surface area contributed by atoms with E-state index in [1.165, 1.54) is 0 Å². The maximum atomic E-state index is 12.7. The molecule has 0 saturated carbocycles. The summed E-state index contributed by atoms with van der Waals surface area (Å²) in [5.74, 6) is 0.983. The lowest BCUT2D eigenvalue weighted by atomic mass is 10.0. The van der Waals surface area contributed by atoms with E-state index < -0.39 is 0 Å². The maximum Gasteiger partial charge on any atom is 0.195 e. The van der Waals surface area contributed by atoms with E-state index in [0.717, 1.165) is 10.0 Å². The van der Waals surface area contributed by atoms with Gasteiger partial charge in [0.2, 0.25) is 0 Å². The molecule has 0 fully saturated rings. The zero-order valence-corrected chi connectivity index (χ0v) is 13.6. The third kappa shape index (κ3) is 2.65. The molecule has 2 aromatic rings. The molecular weight excluding hydrogens is 356 g/mol. The molecule has 1 heterocycles. The van der Waals surface area contributed by atoms with Crippen LogP contribution in [-0.4, -0.2) is 19.0 Å². The van der Waals surface area contributed by atoms with Gasteiger partial charge in [-0.05, 0) is 40.5 Å². The minimum Gasteiger partial charge on any atom is -0.486 e. The summed E-state index contributed by atoms with van der Waals surface area (Å²) in [5.41, 5.74) is 1.98. The summed E-state index contributed by atoms with van der Waals surface area (Å²) in [6.45, 7) is 2.89. The van der Waals surface area contributed by atoms with Crippen LogP contribution in [0.4, 0.5) is 0 Å². The second-order valence-corrected chi connectivity index (χ2v) is 5.94. The van der Waals surface area contributed by atoms with Gasteiger partial charge in [0.25, 0.3) is 0 Å². The summed E-state index contributed by atoms with van der Waals surface area (Å²) in [4.78, 5) is 12.7. The first kappa shape index (κ1) is 14.4. The number of carbonyl (C=O) groups is 1. The molecule has 0 aliphatic carbocycles. The van der Waals surface area contributed by atoms with Crippen LogP contribution in [0.3, 0.4) is 0 Å². The predicted molar refractivity (Wildman–Crippen MR) is 84.8 cm³/mol. The Hall–Kier alpha value is -1.52. The number of carbonyl (C=O) groups excluding carboxylic acids is 1. The Kier molecular flexibility index (Phi) is 3.91. The summed E-state index contributed by atoms with van der Waals surface area (Å²) in [6, 6.07) is 8.83. The monoisotopic (exact) mass is 366 g/mol. The first-order valence-electron chi connectivity index (χ1n) is 6.47. The Morgan fingerprint density at radius 2 is 1.81 bits per heavy atom. The lowest BCUT2D eigenvalue weighted by Crippen LogP contribution is -2.16. The van der Waals surface area contributed by atoms with Gasteiger partial charge in [0.15, 0.2) is 17.3 Å². The van der Waals surface area contributed by atoms with Crippen LogP contribution in [0.25, 0.3) is 0 Å². The number of benzene rings is 2. The van der Waals surface area contributed by atoms with Crippen molar-refractivity contribution in [3.63, 3.8) is 0 Å². The molecule has 0 bridgehead atoms. The topological polar surface area (TPSA) is 35.5 Å². The van der Waals surface area contributed by atoms with Gasteiger partial charge in [-0.3, -0.25) is 4.79 Å². The molecule has 0 radical (unpaired) electrons. The van der Waals surface area contributed by atoms with Gasteiger partial charge in [-0.15, -0.1) is 0 Å². The molecule has 0 unspecified atom stereocenters. The van der Waals surface area contributed by atoms with E-state index in [1.807, 2.05) is 19.1 Å². The molecule has 0 N–H and O–H groups in total. The number of hydrogen-bond acceptors (Lipinski definition) is 3. The number of rotatable bonds is 2. The Bertz CT molecular complexity index is 728. The van der Waals surface area contributed by atoms with Gasteiger partial charge in [-0.1, -0.05) is 23.7 Å². The summed E-state index contributed by atoms with van der Waals surface area (Å²) in [7, 11) is 0. The maximum absolute atomic E-state index is 12.7. The van der Waals surface area contributed by atoms with Gasteiger partial charge >= 0.3 is 0 Å². The second-order valence-electron chi connectivity index (χ2n) is 4.74. The minimum absolute atomic E-state index is 0.146. The highest BCUT2D eigenvalue weighted by Gasteiger charge is 2.21. The summed E-state index contributed by atoms with van der Waals surface area (Å²) in [6.07, 6.45) is 0. The van der Waals surface area contributed by atoms with Gasteiger partial charge in [0.05, 0.1) is 5.02 Å². The molecule has 2 aromatic carbocycles. The first-order chi connectivity index (χ1) is 10.1. The van der Waals surface area contributed by atoms with Crippen molar-refractivity contribution in [1.29, 1.82) is 0 Å². The lowest BCUT2D eigenvalue weighted by Gasteiger charge is -2.19. The number of hydrogen-bond donors (Lipinski definition) is 0. The van der Waals surface area contributed by atoms with E-state index in [1.54, 1.807) is 18.2 Å². The molecule has 0 atom stereocenters. The Morgan fingerprint density at radius 3 is 2.52 bits per heavy atom. The van der Waals surface area contributed by atoms with Crippen LogP contribution < -0.4 is 9.47 Å². The third-order valence-corrected chi connectivity index (χ3v) is 4.68. The van der Waals surface area contributed by atoms with Gasteiger partial charge in [-0.25, -0.2) is 0 Å².